The van der Waals surface area contributed by atoms with Crippen LogP contribution in [-0.2, 0) is 20.1 Å². The summed E-state index contributed by atoms with van der Waals surface area (Å²) >= 11 is 1.63. The Bertz CT molecular complexity index is 891. The van der Waals surface area contributed by atoms with E-state index in [1.165, 1.54) is 0 Å². The molecule has 1 N–H and O–H groups in total. The van der Waals surface area contributed by atoms with E-state index in [0.29, 0.717) is 30.1 Å². The molecule has 0 aliphatic heterocycles. The van der Waals surface area contributed by atoms with E-state index in [4.69, 9.17) is 0 Å². The molecule has 116 valence electrons. The van der Waals surface area contributed by atoms with Crippen molar-refractivity contribution in [3.05, 3.63) is 32.1 Å². The maximum absolute atomic E-state index is 12.6. The normalized spacial score (nSPS) is 11.3. The molecule has 0 aliphatic rings. The van der Waals surface area contributed by atoms with Gasteiger partial charge in [-0.1, -0.05) is 0 Å². The Morgan fingerprint density at radius 3 is 2.77 bits per heavy atom. The van der Waals surface area contributed by atoms with Crippen molar-refractivity contribution in [2.45, 2.75) is 33.9 Å². The Morgan fingerprint density at radius 2 is 2.14 bits per heavy atom. The summed E-state index contributed by atoms with van der Waals surface area (Å²) in [5, 5.41) is 8.57. The number of fused-ring (bicyclic) bond motifs is 1. The predicted molar refractivity (Wildman–Crippen MR) is 87.4 cm³/mol. The Kier molecular flexibility index (Phi) is 3.69. The van der Waals surface area contributed by atoms with Gasteiger partial charge in [-0.3, -0.25) is 14.0 Å². The summed E-state index contributed by atoms with van der Waals surface area (Å²) in [5.41, 5.74) is 1.88. The first-order chi connectivity index (χ1) is 10.5. The van der Waals surface area contributed by atoms with Gasteiger partial charge in [0.1, 0.15) is 5.52 Å². The van der Waals surface area contributed by atoms with Gasteiger partial charge in [0.15, 0.2) is 5.52 Å². The lowest BCUT2D eigenvalue weighted by Crippen LogP contribution is -2.25. The molecule has 0 radical (unpaired) electrons. The van der Waals surface area contributed by atoms with E-state index in [2.05, 4.69) is 20.4 Å². The van der Waals surface area contributed by atoms with Gasteiger partial charge in [-0.25, -0.2) is 9.97 Å². The van der Waals surface area contributed by atoms with Gasteiger partial charge >= 0.3 is 0 Å². The Balaban J connectivity index is 2.04. The highest BCUT2D eigenvalue weighted by Crippen LogP contribution is 2.17. The Morgan fingerprint density at radius 1 is 1.36 bits per heavy atom. The zero-order valence-electron chi connectivity index (χ0n) is 13.0. The standard InChI is InChI=1S/C14H18N6OS/c1-5-20-13(21)12-11(8(2)18-19(12)4)17-14(20)16-7-10-6-15-9(3)22-10/h6H,5,7H2,1-4H3,(H,16,17). The second kappa shape index (κ2) is 5.53. The van der Waals surface area contributed by atoms with Crippen LogP contribution in [-0.4, -0.2) is 24.3 Å². The predicted octanol–water partition coefficient (Wildman–Crippen LogP) is 1.84. The van der Waals surface area contributed by atoms with Gasteiger partial charge in [-0.05, 0) is 20.8 Å². The molecule has 0 aromatic carbocycles. The van der Waals surface area contributed by atoms with Crippen LogP contribution in [0.3, 0.4) is 0 Å². The number of nitrogens with zero attached hydrogens (tertiary/aromatic N) is 5. The monoisotopic (exact) mass is 318 g/mol. The lowest BCUT2D eigenvalue weighted by atomic mass is 10.3. The highest BCUT2D eigenvalue weighted by molar-refractivity contribution is 7.11. The fourth-order valence-corrected chi connectivity index (χ4v) is 3.23. The van der Waals surface area contributed by atoms with Crippen LogP contribution in [0.25, 0.3) is 11.0 Å². The zero-order chi connectivity index (χ0) is 15.9. The van der Waals surface area contributed by atoms with Crippen molar-refractivity contribution in [2.24, 2.45) is 7.05 Å². The van der Waals surface area contributed by atoms with Crippen LogP contribution in [0.15, 0.2) is 11.0 Å². The molecule has 0 amide bonds. The first-order valence-electron chi connectivity index (χ1n) is 7.10. The fraction of sp³-hybridized carbons (Fsp3) is 0.429. The smallest absolute Gasteiger partial charge is 0.281 e. The molecule has 22 heavy (non-hydrogen) atoms. The molecule has 0 saturated heterocycles. The fourth-order valence-electron chi connectivity index (χ4n) is 2.49. The van der Waals surface area contributed by atoms with Crippen molar-refractivity contribution in [1.82, 2.24) is 24.3 Å². The minimum atomic E-state index is -0.0708. The molecular weight excluding hydrogens is 300 g/mol. The molecule has 3 rings (SSSR count). The van der Waals surface area contributed by atoms with Crippen LogP contribution in [0.5, 0.6) is 0 Å². The summed E-state index contributed by atoms with van der Waals surface area (Å²) in [6.45, 7) is 6.92. The molecule has 3 aromatic heterocycles. The van der Waals surface area contributed by atoms with Crippen molar-refractivity contribution >= 4 is 28.3 Å². The van der Waals surface area contributed by atoms with Gasteiger partial charge in [0, 0.05) is 24.7 Å². The van der Waals surface area contributed by atoms with E-state index in [9.17, 15) is 4.79 Å². The molecule has 0 fully saturated rings. The second-order valence-electron chi connectivity index (χ2n) is 5.09. The molecule has 0 bridgehead atoms. The average molecular weight is 318 g/mol. The molecule has 0 unspecified atom stereocenters. The van der Waals surface area contributed by atoms with Crippen molar-refractivity contribution in [1.29, 1.82) is 0 Å². The largest absolute Gasteiger partial charge is 0.351 e. The highest BCUT2D eigenvalue weighted by atomic mass is 32.1. The van der Waals surface area contributed by atoms with Gasteiger partial charge in [0.25, 0.3) is 5.56 Å². The summed E-state index contributed by atoms with van der Waals surface area (Å²) in [7, 11) is 1.77. The van der Waals surface area contributed by atoms with Crippen molar-refractivity contribution in [3.63, 3.8) is 0 Å². The van der Waals surface area contributed by atoms with Crippen LogP contribution in [0, 0.1) is 13.8 Å². The Hall–Kier alpha value is -2.22. The van der Waals surface area contributed by atoms with E-state index in [-0.39, 0.29) is 5.56 Å². The quantitative estimate of drug-likeness (QED) is 0.794. The van der Waals surface area contributed by atoms with Gasteiger partial charge in [-0.15, -0.1) is 11.3 Å². The topological polar surface area (TPSA) is 77.6 Å². The third-order valence-electron chi connectivity index (χ3n) is 3.52. The average Bonchev–Trinajstić information content (AvgIpc) is 3.01. The van der Waals surface area contributed by atoms with Crippen LogP contribution >= 0.6 is 11.3 Å². The van der Waals surface area contributed by atoms with E-state index < -0.39 is 0 Å². The number of hydrogen-bond acceptors (Lipinski definition) is 6. The first-order valence-corrected chi connectivity index (χ1v) is 7.92. The van der Waals surface area contributed by atoms with Gasteiger partial charge in [-0.2, -0.15) is 5.10 Å². The Labute approximate surface area is 131 Å². The first kappa shape index (κ1) is 14.7. The maximum Gasteiger partial charge on any atom is 0.281 e. The molecular formula is C14H18N6OS. The number of hydrogen-bond donors (Lipinski definition) is 1. The van der Waals surface area contributed by atoms with Crippen LogP contribution < -0.4 is 10.9 Å². The van der Waals surface area contributed by atoms with Crippen LogP contribution in [0.4, 0.5) is 5.95 Å². The molecule has 0 atom stereocenters. The number of rotatable bonds is 4. The van der Waals surface area contributed by atoms with E-state index in [0.717, 1.165) is 15.6 Å². The highest BCUT2D eigenvalue weighted by Gasteiger charge is 2.16. The lowest BCUT2D eigenvalue weighted by molar-refractivity contribution is 0.708. The van der Waals surface area contributed by atoms with Gasteiger partial charge in [0.05, 0.1) is 17.2 Å². The zero-order valence-corrected chi connectivity index (χ0v) is 13.9. The van der Waals surface area contributed by atoms with E-state index >= 15 is 0 Å². The second-order valence-corrected chi connectivity index (χ2v) is 6.41. The third-order valence-corrected chi connectivity index (χ3v) is 4.43. The molecule has 3 aromatic rings. The summed E-state index contributed by atoms with van der Waals surface area (Å²) in [6.07, 6.45) is 1.84. The summed E-state index contributed by atoms with van der Waals surface area (Å²) in [6, 6.07) is 0. The molecule has 8 heteroatoms. The maximum atomic E-state index is 12.6. The van der Waals surface area contributed by atoms with Crippen molar-refractivity contribution < 1.29 is 0 Å². The number of nitrogens with one attached hydrogen (secondary N) is 1. The summed E-state index contributed by atoms with van der Waals surface area (Å²) in [5.74, 6) is 0.571. The van der Waals surface area contributed by atoms with Crippen LogP contribution in [0.1, 0.15) is 22.5 Å². The molecule has 0 saturated carbocycles. The molecule has 3 heterocycles. The summed E-state index contributed by atoms with van der Waals surface area (Å²) in [4.78, 5) is 22.6. The van der Waals surface area contributed by atoms with Gasteiger partial charge < -0.3 is 5.32 Å². The molecule has 0 aliphatic carbocycles. The van der Waals surface area contributed by atoms with Crippen molar-refractivity contribution in [2.75, 3.05) is 5.32 Å². The van der Waals surface area contributed by atoms with E-state index in [1.807, 2.05) is 27.0 Å². The SMILES string of the molecule is CCn1c(NCc2cnc(C)s2)nc2c(C)nn(C)c2c1=O. The van der Waals surface area contributed by atoms with E-state index in [1.54, 1.807) is 27.6 Å². The number of anilines is 1. The van der Waals surface area contributed by atoms with Gasteiger partial charge in [0.2, 0.25) is 5.95 Å². The minimum absolute atomic E-state index is 0.0708. The number of thiazole rings is 1. The summed E-state index contributed by atoms with van der Waals surface area (Å²) < 4.78 is 3.24. The minimum Gasteiger partial charge on any atom is -0.351 e. The van der Waals surface area contributed by atoms with Crippen molar-refractivity contribution in [3.8, 4) is 0 Å². The lowest BCUT2D eigenvalue weighted by Gasteiger charge is -2.11. The third kappa shape index (κ3) is 2.39. The number of aromatic nitrogens is 5. The van der Waals surface area contributed by atoms with Crippen LogP contribution in [0.2, 0.25) is 0 Å². The molecule has 0 spiro atoms. The number of aryl methyl sites for hydroxylation is 3. The molecule has 7 nitrogen and oxygen atoms in total.